The molecule has 3 aromatic heterocycles. The van der Waals surface area contributed by atoms with Gasteiger partial charge < -0.3 is 19.5 Å². The van der Waals surface area contributed by atoms with Gasteiger partial charge in [-0.3, -0.25) is 9.51 Å². The molecule has 3 aromatic rings. The van der Waals surface area contributed by atoms with Gasteiger partial charge in [0.25, 0.3) is 0 Å². The normalized spacial score (nSPS) is 26.3. The molecule has 0 bridgehead atoms. The van der Waals surface area contributed by atoms with Crippen molar-refractivity contribution >= 4 is 22.9 Å². The molecule has 11 heteroatoms. The lowest BCUT2D eigenvalue weighted by molar-refractivity contribution is 0.0972. The molecule has 0 spiro atoms. The van der Waals surface area contributed by atoms with E-state index in [0.29, 0.717) is 36.5 Å². The summed E-state index contributed by atoms with van der Waals surface area (Å²) < 4.78 is 12.9. The molecule has 0 radical (unpaired) electrons. The third-order valence-electron chi connectivity index (χ3n) is 9.18. The highest BCUT2D eigenvalue weighted by Gasteiger charge is 2.34. The summed E-state index contributed by atoms with van der Waals surface area (Å²) in [4.78, 5) is 31.6. The van der Waals surface area contributed by atoms with Crippen LogP contribution in [0.4, 0.5) is 11.8 Å². The zero-order valence-electron chi connectivity index (χ0n) is 22.9. The predicted octanol–water partition coefficient (Wildman–Crippen LogP) is 4.38. The maximum atomic E-state index is 11.7. The molecule has 3 fully saturated rings. The smallest absolute Gasteiger partial charge is 0.377 e. The van der Waals surface area contributed by atoms with Crippen molar-refractivity contribution in [1.29, 1.82) is 0 Å². The Morgan fingerprint density at radius 1 is 1.03 bits per heavy atom. The van der Waals surface area contributed by atoms with Gasteiger partial charge in [0.15, 0.2) is 11.5 Å². The van der Waals surface area contributed by atoms with Crippen LogP contribution in [0.25, 0.3) is 22.8 Å². The highest BCUT2D eigenvalue weighted by Crippen LogP contribution is 2.41. The lowest BCUT2D eigenvalue weighted by Crippen LogP contribution is -2.45. The first-order valence-electron chi connectivity index (χ1n) is 14.4. The van der Waals surface area contributed by atoms with Crippen molar-refractivity contribution in [2.75, 3.05) is 30.0 Å². The summed E-state index contributed by atoms with van der Waals surface area (Å²) in [5.74, 6) is 3.50. The number of ether oxygens (including phenoxy) is 1. The fraction of sp³-hybridized carbons (Fsp3) is 0.741. The second-order valence-corrected chi connectivity index (χ2v) is 11.8. The molecule has 0 aromatic carbocycles. The molecule has 6 rings (SSSR count). The van der Waals surface area contributed by atoms with E-state index in [1.54, 1.807) is 0 Å². The maximum absolute atomic E-state index is 11.7. The van der Waals surface area contributed by atoms with Crippen LogP contribution in [0.3, 0.4) is 0 Å². The molecule has 1 saturated heterocycles. The molecule has 0 amide bonds. The fourth-order valence-electron chi connectivity index (χ4n) is 6.39. The number of imidazole rings is 1. The molecule has 11 nitrogen and oxygen atoms in total. The van der Waals surface area contributed by atoms with Crippen molar-refractivity contribution in [3.8, 4) is 11.6 Å². The summed E-state index contributed by atoms with van der Waals surface area (Å²) >= 11 is 0. The average molecular weight is 525 g/mol. The van der Waals surface area contributed by atoms with Crippen molar-refractivity contribution in [3.05, 3.63) is 10.6 Å². The van der Waals surface area contributed by atoms with Gasteiger partial charge in [-0.1, -0.05) is 31.3 Å². The number of anilines is 2. The highest BCUT2D eigenvalue weighted by atomic mass is 16.5. The van der Waals surface area contributed by atoms with Crippen molar-refractivity contribution in [1.82, 2.24) is 29.7 Å². The van der Waals surface area contributed by atoms with Crippen molar-refractivity contribution in [2.45, 2.75) is 90.8 Å². The Morgan fingerprint density at radius 2 is 1.82 bits per heavy atom. The lowest BCUT2D eigenvalue weighted by Gasteiger charge is -2.38. The monoisotopic (exact) mass is 524 g/mol. The van der Waals surface area contributed by atoms with Crippen molar-refractivity contribution < 1.29 is 9.26 Å². The van der Waals surface area contributed by atoms with Crippen LogP contribution in [0, 0.1) is 17.8 Å². The molecule has 38 heavy (non-hydrogen) atoms. The van der Waals surface area contributed by atoms with Crippen LogP contribution in [0.1, 0.15) is 78.7 Å². The summed E-state index contributed by atoms with van der Waals surface area (Å²) in [5, 5.41) is 7.60. The first kappa shape index (κ1) is 25.3. The molecular weight excluding hydrogens is 484 g/mol. The molecule has 1 aliphatic heterocycles. The highest BCUT2D eigenvalue weighted by molar-refractivity contribution is 5.87. The molecule has 4 heterocycles. The predicted molar refractivity (Wildman–Crippen MR) is 145 cm³/mol. The second kappa shape index (κ2) is 10.3. The number of morpholine rings is 1. The number of H-pyrrole nitrogens is 1. The number of aromatic nitrogens is 6. The summed E-state index contributed by atoms with van der Waals surface area (Å²) in [6.07, 6.45) is 8.65. The summed E-state index contributed by atoms with van der Waals surface area (Å²) in [5.41, 5.74) is 1.53. The molecule has 3 aliphatic rings. The Hall–Kier alpha value is -2.95. The van der Waals surface area contributed by atoms with Gasteiger partial charge in [-0.15, -0.1) is 0 Å². The Morgan fingerprint density at radius 3 is 2.47 bits per heavy atom. The number of hydrogen-bond acceptors (Lipinski definition) is 9. The molecule has 2 saturated carbocycles. The Labute approximate surface area is 222 Å². The molecule has 206 valence electrons. The van der Waals surface area contributed by atoms with Gasteiger partial charge in [0, 0.05) is 18.6 Å². The topological polar surface area (TPSA) is 127 Å². The summed E-state index contributed by atoms with van der Waals surface area (Å²) in [7, 11) is 0. The van der Waals surface area contributed by atoms with Crippen molar-refractivity contribution in [3.63, 3.8) is 0 Å². The van der Waals surface area contributed by atoms with Crippen molar-refractivity contribution in [2.24, 2.45) is 17.8 Å². The third-order valence-corrected chi connectivity index (χ3v) is 9.18. The first-order valence-corrected chi connectivity index (χ1v) is 14.4. The van der Waals surface area contributed by atoms with Gasteiger partial charge in [0.2, 0.25) is 17.6 Å². The minimum atomic E-state index is -0.630. The van der Waals surface area contributed by atoms with Crippen LogP contribution in [-0.4, -0.2) is 61.5 Å². The number of fused-ring (bicyclic) bond motifs is 1. The zero-order chi connectivity index (χ0) is 26.4. The number of rotatable bonds is 7. The van der Waals surface area contributed by atoms with Gasteiger partial charge in [0.1, 0.15) is 5.52 Å². The van der Waals surface area contributed by atoms with E-state index in [4.69, 9.17) is 24.2 Å². The van der Waals surface area contributed by atoms with E-state index in [-0.39, 0.29) is 23.9 Å². The number of nitrogens with zero attached hydrogens (tertiary/aromatic N) is 6. The van der Waals surface area contributed by atoms with E-state index in [1.807, 2.05) is 0 Å². The number of hydrogen-bond donors (Lipinski definition) is 2. The van der Waals surface area contributed by atoms with Crippen LogP contribution in [0.2, 0.25) is 0 Å². The van der Waals surface area contributed by atoms with E-state index >= 15 is 0 Å². The minimum absolute atomic E-state index is 0.197. The van der Waals surface area contributed by atoms with E-state index in [2.05, 4.69) is 52.6 Å². The van der Waals surface area contributed by atoms with Crippen LogP contribution in [0.15, 0.2) is 9.32 Å². The van der Waals surface area contributed by atoms with Gasteiger partial charge >= 0.3 is 5.76 Å². The van der Waals surface area contributed by atoms with Crippen LogP contribution in [-0.2, 0) is 4.74 Å². The summed E-state index contributed by atoms with van der Waals surface area (Å²) in [6, 6.07) is 0.687. The van der Waals surface area contributed by atoms with Gasteiger partial charge in [0.05, 0.1) is 19.3 Å². The van der Waals surface area contributed by atoms with E-state index < -0.39 is 5.76 Å². The average Bonchev–Trinajstić information content (AvgIpc) is 3.47. The Kier molecular flexibility index (Phi) is 6.88. The Bertz CT molecular complexity index is 1320. The van der Waals surface area contributed by atoms with E-state index in [9.17, 15) is 4.79 Å². The Balaban J connectivity index is 1.52. The van der Waals surface area contributed by atoms with Crippen LogP contribution in [0.5, 0.6) is 0 Å². The molecule has 3 atom stereocenters. The maximum Gasteiger partial charge on any atom is 0.439 e. The zero-order valence-corrected chi connectivity index (χ0v) is 22.9. The molecule has 2 aliphatic carbocycles. The standard InChI is InChI=1S/C27H40N8O3/c1-15-8-10-20(11-9-15)18(4)35-21-22(28-17(3)19-6-5-7-19)29-24(25-32-27(36)38-33-25)30-23(21)31-26(35)34-12-13-37-14-16(34)2/h15-20H,5-14H2,1-4H3,(H,28,29,30)(H,32,33,36)/t15?,16-,17-,18?,20?/m1/s1. The fourth-order valence-corrected chi connectivity index (χ4v) is 6.39. The van der Waals surface area contributed by atoms with Crippen LogP contribution < -0.4 is 16.0 Å². The first-order chi connectivity index (χ1) is 18.4. The summed E-state index contributed by atoms with van der Waals surface area (Å²) in [6.45, 7) is 11.2. The molecule has 1 unspecified atom stereocenters. The minimum Gasteiger partial charge on any atom is -0.377 e. The van der Waals surface area contributed by atoms with E-state index in [1.165, 1.54) is 44.9 Å². The number of nitrogens with one attached hydrogen (secondary N) is 2. The lowest BCUT2D eigenvalue weighted by atomic mass is 9.79. The van der Waals surface area contributed by atoms with Gasteiger partial charge in [-0.25, -0.2) is 14.8 Å². The quantitative estimate of drug-likeness (QED) is 0.463. The van der Waals surface area contributed by atoms with Crippen LogP contribution >= 0.6 is 0 Å². The largest absolute Gasteiger partial charge is 0.439 e. The SMILES string of the molecule is CC1CCC(C(C)n2c(N3CCOC[C@H]3C)nc3nc(-c4noc(=O)[nH]4)nc(N[C@H](C)C4CCC4)c32)CC1. The van der Waals surface area contributed by atoms with Gasteiger partial charge in [-0.2, -0.15) is 4.98 Å². The molecule has 2 N–H and O–H groups in total. The second-order valence-electron chi connectivity index (χ2n) is 11.8. The number of aromatic amines is 1. The third kappa shape index (κ3) is 4.69. The van der Waals surface area contributed by atoms with Gasteiger partial charge in [-0.05, 0) is 64.2 Å². The van der Waals surface area contributed by atoms with E-state index in [0.717, 1.165) is 29.7 Å². The molecular formula is C27H40N8O3.